The fourth-order valence-electron chi connectivity index (χ4n) is 1.76. The number of hydrogen-bond acceptors (Lipinski definition) is 4. The second kappa shape index (κ2) is 6.16. The lowest BCUT2D eigenvalue weighted by Gasteiger charge is -2.10. The van der Waals surface area contributed by atoms with Crippen LogP contribution in [0.1, 0.15) is 29.3 Å². The molecule has 2 aromatic heterocycles. The average molecular weight is 282 g/mol. The van der Waals surface area contributed by atoms with Crippen molar-refractivity contribution in [1.82, 2.24) is 9.97 Å². The van der Waals surface area contributed by atoms with E-state index in [-0.39, 0.29) is 0 Å². The van der Waals surface area contributed by atoms with Crippen molar-refractivity contribution in [2.24, 2.45) is 0 Å². The van der Waals surface area contributed by atoms with Crippen LogP contribution in [0.2, 0.25) is 5.15 Å². The van der Waals surface area contributed by atoms with Crippen molar-refractivity contribution in [1.29, 1.82) is 0 Å². The fraction of sp³-hybridized carbons (Fsp3) is 0.385. The summed E-state index contributed by atoms with van der Waals surface area (Å²) in [6.07, 6.45) is 3.43. The van der Waals surface area contributed by atoms with Gasteiger partial charge in [0.05, 0.1) is 6.54 Å². The molecule has 0 aliphatic carbocycles. The standard InChI is InChI=1S/C13H16ClN3S/c1-3-4-10-12(14)16-8-17-13(10)15-7-11-9(2)5-6-18-11/h5-6,8H,3-4,7H2,1-2H3,(H,15,16,17). The third-order valence-electron chi connectivity index (χ3n) is 2.78. The molecule has 3 nitrogen and oxygen atoms in total. The molecule has 18 heavy (non-hydrogen) atoms. The number of anilines is 1. The smallest absolute Gasteiger partial charge is 0.137 e. The first kappa shape index (κ1) is 13.3. The minimum atomic E-state index is 0.553. The number of rotatable bonds is 5. The predicted octanol–water partition coefficient (Wildman–Crippen LogP) is 4.06. The van der Waals surface area contributed by atoms with E-state index in [9.17, 15) is 0 Å². The van der Waals surface area contributed by atoms with Gasteiger partial charge in [0.1, 0.15) is 17.3 Å². The molecule has 2 heterocycles. The lowest BCUT2D eigenvalue weighted by molar-refractivity contribution is 0.897. The molecule has 0 bridgehead atoms. The summed E-state index contributed by atoms with van der Waals surface area (Å²) in [5.41, 5.74) is 2.32. The van der Waals surface area contributed by atoms with Gasteiger partial charge in [-0.15, -0.1) is 11.3 Å². The second-order valence-electron chi connectivity index (χ2n) is 4.12. The minimum absolute atomic E-state index is 0.553. The Morgan fingerprint density at radius 1 is 1.39 bits per heavy atom. The van der Waals surface area contributed by atoms with E-state index in [1.54, 1.807) is 11.3 Å². The van der Waals surface area contributed by atoms with Crippen molar-refractivity contribution in [3.63, 3.8) is 0 Å². The summed E-state index contributed by atoms with van der Waals surface area (Å²) in [5, 5.41) is 6.01. The number of nitrogens with one attached hydrogen (secondary N) is 1. The predicted molar refractivity (Wildman–Crippen MR) is 77.4 cm³/mol. The van der Waals surface area contributed by atoms with E-state index in [1.807, 2.05) is 0 Å². The zero-order chi connectivity index (χ0) is 13.0. The summed E-state index contributed by atoms with van der Waals surface area (Å²) in [7, 11) is 0. The van der Waals surface area contributed by atoms with Crippen LogP contribution in [0.25, 0.3) is 0 Å². The Hall–Kier alpha value is -1.13. The van der Waals surface area contributed by atoms with Crippen LogP contribution in [0.3, 0.4) is 0 Å². The molecule has 2 aromatic rings. The Labute approximate surface area is 116 Å². The summed E-state index contributed by atoms with van der Waals surface area (Å²) in [6, 6.07) is 2.13. The molecule has 96 valence electrons. The van der Waals surface area contributed by atoms with Gasteiger partial charge in [-0.3, -0.25) is 0 Å². The highest BCUT2D eigenvalue weighted by molar-refractivity contribution is 7.10. The van der Waals surface area contributed by atoms with Crippen molar-refractivity contribution < 1.29 is 0 Å². The fourth-order valence-corrected chi connectivity index (χ4v) is 2.84. The quantitative estimate of drug-likeness (QED) is 0.840. The third kappa shape index (κ3) is 3.00. The van der Waals surface area contributed by atoms with Gasteiger partial charge in [0.2, 0.25) is 0 Å². The number of hydrogen-bond donors (Lipinski definition) is 1. The van der Waals surface area contributed by atoms with Gasteiger partial charge >= 0.3 is 0 Å². The van der Waals surface area contributed by atoms with Crippen LogP contribution in [-0.4, -0.2) is 9.97 Å². The molecular weight excluding hydrogens is 266 g/mol. The minimum Gasteiger partial charge on any atom is -0.365 e. The highest BCUT2D eigenvalue weighted by Gasteiger charge is 2.09. The molecule has 0 spiro atoms. The monoisotopic (exact) mass is 281 g/mol. The van der Waals surface area contributed by atoms with Crippen molar-refractivity contribution in [3.8, 4) is 0 Å². The summed E-state index contributed by atoms with van der Waals surface area (Å²) in [4.78, 5) is 9.65. The molecule has 0 aliphatic heterocycles. The van der Waals surface area contributed by atoms with Gasteiger partial charge in [0.15, 0.2) is 0 Å². The van der Waals surface area contributed by atoms with Crippen LogP contribution in [0.5, 0.6) is 0 Å². The third-order valence-corrected chi connectivity index (χ3v) is 4.13. The van der Waals surface area contributed by atoms with E-state index in [1.165, 1.54) is 16.8 Å². The van der Waals surface area contributed by atoms with E-state index < -0.39 is 0 Å². The Morgan fingerprint density at radius 3 is 2.89 bits per heavy atom. The molecule has 0 saturated carbocycles. The van der Waals surface area contributed by atoms with Crippen molar-refractivity contribution in [3.05, 3.63) is 38.9 Å². The Morgan fingerprint density at radius 2 is 2.22 bits per heavy atom. The summed E-state index contributed by atoms with van der Waals surface area (Å²) in [5.74, 6) is 0.852. The highest BCUT2D eigenvalue weighted by Crippen LogP contribution is 2.23. The maximum Gasteiger partial charge on any atom is 0.137 e. The maximum atomic E-state index is 6.11. The van der Waals surface area contributed by atoms with Crippen LogP contribution in [0.15, 0.2) is 17.8 Å². The number of aryl methyl sites for hydroxylation is 1. The lowest BCUT2D eigenvalue weighted by Crippen LogP contribution is -2.05. The van der Waals surface area contributed by atoms with Crippen LogP contribution < -0.4 is 5.32 Å². The summed E-state index contributed by atoms with van der Waals surface area (Å²) in [6.45, 7) is 5.03. The largest absolute Gasteiger partial charge is 0.365 e. The number of thiophene rings is 1. The van der Waals surface area contributed by atoms with E-state index in [4.69, 9.17) is 11.6 Å². The summed E-state index contributed by atoms with van der Waals surface area (Å²) >= 11 is 7.86. The van der Waals surface area contributed by atoms with E-state index in [0.717, 1.165) is 30.8 Å². The first-order valence-electron chi connectivity index (χ1n) is 5.98. The van der Waals surface area contributed by atoms with Crippen LogP contribution in [0.4, 0.5) is 5.82 Å². The van der Waals surface area contributed by atoms with Gasteiger partial charge in [-0.1, -0.05) is 24.9 Å². The van der Waals surface area contributed by atoms with Gasteiger partial charge < -0.3 is 5.32 Å². The van der Waals surface area contributed by atoms with E-state index in [0.29, 0.717) is 5.15 Å². The maximum absolute atomic E-state index is 6.11. The molecule has 0 aliphatic rings. The van der Waals surface area contributed by atoms with Gasteiger partial charge in [-0.05, 0) is 30.4 Å². The molecule has 0 fully saturated rings. The van der Waals surface area contributed by atoms with Crippen LogP contribution >= 0.6 is 22.9 Å². The molecule has 2 rings (SSSR count). The number of aromatic nitrogens is 2. The molecule has 1 N–H and O–H groups in total. The molecule has 5 heteroatoms. The first-order valence-corrected chi connectivity index (χ1v) is 7.24. The number of halogens is 1. The molecule has 0 radical (unpaired) electrons. The second-order valence-corrected chi connectivity index (χ2v) is 5.48. The summed E-state index contributed by atoms with van der Waals surface area (Å²) < 4.78 is 0. The van der Waals surface area contributed by atoms with Crippen LogP contribution in [-0.2, 0) is 13.0 Å². The Kier molecular flexibility index (Phi) is 4.55. The normalized spacial score (nSPS) is 10.6. The molecule has 0 amide bonds. The van der Waals surface area contributed by atoms with E-state index >= 15 is 0 Å². The highest BCUT2D eigenvalue weighted by atomic mass is 35.5. The van der Waals surface area contributed by atoms with Gasteiger partial charge in [0, 0.05) is 10.4 Å². The van der Waals surface area contributed by atoms with Crippen molar-refractivity contribution in [2.75, 3.05) is 5.32 Å². The number of nitrogens with zero attached hydrogens (tertiary/aromatic N) is 2. The zero-order valence-corrected chi connectivity index (χ0v) is 12.1. The Bertz CT molecular complexity index is 525. The van der Waals surface area contributed by atoms with Crippen LogP contribution in [0, 0.1) is 6.92 Å². The van der Waals surface area contributed by atoms with Gasteiger partial charge in [-0.25, -0.2) is 9.97 Å². The van der Waals surface area contributed by atoms with Crippen molar-refractivity contribution >= 4 is 28.8 Å². The van der Waals surface area contributed by atoms with Gasteiger partial charge in [-0.2, -0.15) is 0 Å². The first-order chi connectivity index (χ1) is 8.72. The SMILES string of the molecule is CCCc1c(Cl)ncnc1NCc1sccc1C. The van der Waals surface area contributed by atoms with Crippen molar-refractivity contribution in [2.45, 2.75) is 33.2 Å². The topological polar surface area (TPSA) is 37.8 Å². The van der Waals surface area contributed by atoms with Gasteiger partial charge in [0.25, 0.3) is 0 Å². The lowest BCUT2D eigenvalue weighted by atomic mass is 10.2. The average Bonchev–Trinajstić information content (AvgIpc) is 2.76. The Balaban J connectivity index is 2.14. The molecule has 0 unspecified atom stereocenters. The molecule has 0 aromatic carbocycles. The molecule has 0 atom stereocenters. The zero-order valence-electron chi connectivity index (χ0n) is 10.5. The molecule has 0 saturated heterocycles. The van der Waals surface area contributed by atoms with E-state index in [2.05, 4.69) is 40.6 Å². The molecular formula is C13H16ClN3S.